The van der Waals surface area contributed by atoms with Gasteiger partial charge in [0.1, 0.15) is 5.60 Å². The van der Waals surface area contributed by atoms with Gasteiger partial charge in [-0.25, -0.2) is 14.8 Å². The smallest absolute Gasteiger partial charge is 0.407 e. The van der Waals surface area contributed by atoms with Gasteiger partial charge in [0.25, 0.3) is 5.91 Å². The van der Waals surface area contributed by atoms with Crippen LogP contribution in [0, 0.1) is 5.41 Å². The molecular formula is C21H37ClN8O3. The van der Waals surface area contributed by atoms with Gasteiger partial charge in [-0.1, -0.05) is 50.1 Å². The molecule has 1 aromatic rings. The number of unbranched alkanes of at least 4 members (excludes halogenated alkanes) is 7. The fourth-order valence-electron chi connectivity index (χ4n) is 3.02. The predicted molar refractivity (Wildman–Crippen MR) is 130 cm³/mol. The Balaban J connectivity index is 2.22. The number of aromatic nitrogens is 2. The third-order valence-corrected chi connectivity index (χ3v) is 4.90. The van der Waals surface area contributed by atoms with Gasteiger partial charge in [-0.2, -0.15) is 0 Å². The highest BCUT2D eigenvalue weighted by Gasteiger charge is 2.23. The van der Waals surface area contributed by atoms with E-state index in [2.05, 4.69) is 15.3 Å². The Hall–Kier alpha value is -2.82. The van der Waals surface area contributed by atoms with Crippen LogP contribution in [0.15, 0.2) is 0 Å². The number of rotatable bonds is 12. The van der Waals surface area contributed by atoms with E-state index in [9.17, 15) is 9.59 Å². The molecule has 0 aliphatic rings. The molecule has 0 aromatic carbocycles. The third-order valence-electron chi connectivity index (χ3n) is 4.62. The standard InChI is InChI=1S/C21H37ClN8O3/c1-21(2,3)33-20(32)27-12-10-8-6-4-5-7-9-11-13-30(19(25)26)18(31)14-16(23)29-17(24)15(22)28-14/h4-13H2,1-3H3,(H3,25,26)(H,27,32)(H4,23,24,29). The summed E-state index contributed by atoms with van der Waals surface area (Å²) < 4.78 is 5.19. The Morgan fingerprint density at radius 3 is 2.09 bits per heavy atom. The first-order valence-electron chi connectivity index (χ1n) is 11.1. The van der Waals surface area contributed by atoms with Crippen LogP contribution in [0.5, 0.6) is 0 Å². The molecule has 2 amide bonds. The Bertz CT molecular complexity index is 813. The molecule has 0 saturated heterocycles. The molecule has 0 radical (unpaired) electrons. The normalized spacial score (nSPS) is 11.2. The molecular weight excluding hydrogens is 448 g/mol. The second-order valence-corrected chi connectivity index (χ2v) is 9.09. The average molecular weight is 485 g/mol. The molecule has 0 unspecified atom stereocenters. The van der Waals surface area contributed by atoms with E-state index in [1.807, 2.05) is 20.8 Å². The third kappa shape index (κ3) is 11.0. The predicted octanol–water partition coefficient (Wildman–Crippen LogP) is 3.28. The van der Waals surface area contributed by atoms with Gasteiger partial charge in [0.05, 0.1) is 0 Å². The number of hydrogen-bond donors (Lipinski definition) is 5. The van der Waals surface area contributed by atoms with Crippen LogP contribution in [0.3, 0.4) is 0 Å². The average Bonchev–Trinajstić information content (AvgIpc) is 2.69. The first-order chi connectivity index (χ1) is 15.4. The van der Waals surface area contributed by atoms with E-state index in [-0.39, 0.29) is 35.1 Å². The topological polar surface area (TPSA) is 186 Å². The molecule has 11 nitrogen and oxygen atoms in total. The van der Waals surface area contributed by atoms with E-state index in [4.69, 9.17) is 38.9 Å². The number of nitrogens with two attached hydrogens (primary N) is 3. The molecule has 0 saturated carbocycles. The van der Waals surface area contributed by atoms with Crippen molar-refractivity contribution < 1.29 is 14.3 Å². The van der Waals surface area contributed by atoms with E-state index in [1.54, 1.807) is 0 Å². The maximum Gasteiger partial charge on any atom is 0.407 e. The molecule has 33 heavy (non-hydrogen) atoms. The summed E-state index contributed by atoms with van der Waals surface area (Å²) >= 11 is 5.83. The second-order valence-electron chi connectivity index (χ2n) is 8.73. The lowest BCUT2D eigenvalue weighted by Gasteiger charge is -2.20. The molecule has 8 N–H and O–H groups in total. The highest BCUT2D eigenvalue weighted by atomic mass is 35.5. The number of amides is 2. The summed E-state index contributed by atoms with van der Waals surface area (Å²) in [6.45, 7) is 6.39. The summed E-state index contributed by atoms with van der Waals surface area (Å²) in [6, 6.07) is 0. The number of alkyl carbamates (subject to hydrolysis) is 1. The van der Waals surface area contributed by atoms with Crippen molar-refractivity contribution in [3.63, 3.8) is 0 Å². The zero-order valence-corrected chi connectivity index (χ0v) is 20.5. The van der Waals surface area contributed by atoms with E-state index in [1.165, 1.54) is 0 Å². The molecule has 0 aliphatic carbocycles. The van der Waals surface area contributed by atoms with E-state index in [0.29, 0.717) is 13.0 Å². The summed E-state index contributed by atoms with van der Waals surface area (Å²) in [4.78, 5) is 33.0. The lowest BCUT2D eigenvalue weighted by atomic mass is 10.1. The van der Waals surface area contributed by atoms with Gasteiger partial charge in [-0.3, -0.25) is 15.1 Å². The van der Waals surface area contributed by atoms with Gasteiger partial charge in [-0.15, -0.1) is 0 Å². The van der Waals surface area contributed by atoms with Crippen LogP contribution in [0.2, 0.25) is 5.15 Å². The highest BCUT2D eigenvalue weighted by molar-refractivity contribution is 6.31. The number of carbonyl (C=O) groups excluding carboxylic acids is 2. The molecule has 1 rings (SSSR count). The first kappa shape index (κ1) is 28.2. The Labute approximate surface area is 200 Å². The van der Waals surface area contributed by atoms with Crippen LogP contribution >= 0.6 is 11.6 Å². The van der Waals surface area contributed by atoms with Crippen LogP contribution < -0.4 is 22.5 Å². The van der Waals surface area contributed by atoms with Crippen molar-refractivity contribution in [2.45, 2.75) is 77.7 Å². The minimum Gasteiger partial charge on any atom is -0.444 e. The van der Waals surface area contributed by atoms with Crippen LogP contribution in [-0.4, -0.2) is 51.5 Å². The van der Waals surface area contributed by atoms with Crippen molar-refractivity contribution in [2.24, 2.45) is 5.73 Å². The zero-order valence-electron chi connectivity index (χ0n) is 19.7. The SMILES string of the molecule is CC(C)(C)OC(=O)NCCCCCCCCCCN(C(=N)N)C(=O)c1nc(Cl)c(N)nc1N. The number of anilines is 2. The highest BCUT2D eigenvalue weighted by Crippen LogP contribution is 2.19. The summed E-state index contributed by atoms with van der Waals surface area (Å²) in [6.07, 6.45) is 7.40. The lowest BCUT2D eigenvalue weighted by Crippen LogP contribution is -2.42. The monoisotopic (exact) mass is 484 g/mol. The van der Waals surface area contributed by atoms with Crippen molar-refractivity contribution in [3.05, 3.63) is 10.8 Å². The van der Waals surface area contributed by atoms with Gasteiger partial charge in [0, 0.05) is 13.1 Å². The number of nitrogen functional groups attached to an aromatic ring is 2. The number of carbonyl (C=O) groups is 2. The van der Waals surface area contributed by atoms with Gasteiger partial charge in [0.2, 0.25) is 0 Å². The summed E-state index contributed by atoms with van der Waals surface area (Å²) in [5, 5.41) is 10.3. The molecule has 12 heteroatoms. The molecule has 1 heterocycles. The number of halogens is 1. The molecule has 1 aromatic heterocycles. The molecule has 0 fully saturated rings. The molecule has 0 spiro atoms. The quantitative estimate of drug-likeness (QED) is 0.170. The number of nitrogens with zero attached hydrogens (tertiary/aromatic N) is 3. The van der Waals surface area contributed by atoms with E-state index in [0.717, 1.165) is 49.8 Å². The van der Waals surface area contributed by atoms with Gasteiger partial charge in [0.15, 0.2) is 28.4 Å². The number of hydrogen-bond acceptors (Lipinski definition) is 8. The van der Waals surface area contributed by atoms with Crippen LogP contribution in [0.1, 0.15) is 82.6 Å². The van der Waals surface area contributed by atoms with E-state index < -0.39 is 17.5 Å². The van der Waals surface area contributed by atoms with Crippen LogP contribution in [0.25, 0.3) is 0 Å². The number of ether oxygens (including phenoxy) is 1. The van der Waals surface area contributed by atoms with Crippen molar-refractivity contribution in [2.75, 3.05) is 24.6 Å². The minimum atomic E-state index is -0.630. The summed E-state index contributed by atoms with van der Waals surface area (Å²) in [5.41, 5.74) is 16.2. The number of guanidine groups is 1. The maximum atomic E-state index is 12.7. The second kappa shape index (κ2) is 13.7. The molecule has 0 aliphatic heterocycles. The lowest BCUT2D eigenvalue weighted by molar-refractivity contribution is 0.0526. The minimum absolute atomic E-state index is 0.0700. The Morgan fingerprint density at radius 1 is 1.00 bits per heavy atom. The van der Waals surface area contributed by atoms with E-state index >= 15 is 0 Å². The Morgan fingerprint density at radius 2 is 1.55 bits per heavy atom. The van der Waals surface area contributed by atoms with Crippen LogP contribution in [-0.2, 0) is 4.74 Å². The van der Waals surface area contributed by atoms with Crippen molar-refractivity contribution in [3.8, 4) is 0 Å². The van der Waals surface area contributed by atoms with Gasteiger partial charge in [-0.05, 0) is 33.6 Å². The fraction of sp³-hybridized carbons (Fsp3) is 0.667. The van der Waals surface area contributed by atoms with Gasteiger partial charge < -0.3 is 27.3 Å². The number of nitrogens with one attached hydrogen (secondary N) is 2. The van der Waals surface area contributed by atoms with Gasteiger partial charge >= 0.3 is 6.09 Å². The van der Waals surface area contributed by atoms with Crippen molar-refractivity contribution in [1.29, 1.82) is 5.41 Å². The molecule has 186 valence electrons. The van der Waals surface area contributed by atoms with Crippen molar-refractivity contribution in [1.82, 2.24) is 20.2 Å². The van der Waals surface area contributed by atoms with Crippen molar-refractivity contribution >= 4 is 41.2 Å². The first-order valence-corrected chi connectivity index (χ1v) is 11.5. The Kier molecular flexibility index (Phi) is 11.7. The largest absolute Gasteiger partial charge is 0.444 e. The fourth-order valence-corrected chi connectivity index (χ4v) is 3.15. The summed E-state index contributed by atoms with van der Waals surface area (Å²) in [5.74, 6) is -1.25. The maximum absolute atomic E-state index is 12.7. The molecule has 0 atom stereocenters. The van der Waals surface area contributed by atoms with Crippen LogP contribution in [0.4, 0.5) is 16.4 Å². The zero-order chi connectivity index (χ0) is 25.0. The molecule has 0 bridgehead atoms. The summed E-state index contributed by atoms with van der Waals surface area (Å²) in [7, 11) is 0.